The standard InChI is InChI=1S/C18H17ClN4O7S/c1-28-14-9-15(29-2)21-17(20-14)22-18(25)23-31(26,27)13-5-3-4-12(19)11(13)8-10-6-7-30-16(10)24/h3-5,8-9H,6-7H2,1-2H3,(H2,20,21,22,23,25). The van der Waals surface area contributed by atoms with E-state index in [1.807, 2.05) is 4.72 Å². The summed E-state index contributed by atoms with van der Waals surface area (Å²) in [5, 5.41) is 2.28. The molecule has 1 saturated heterocycles. The van der Waals surface area contributed by atoms with Crippen molar-refractivity contribution in [3.63, 3.8) is 0 Å². The molecular formula is C18H17ClN4O7S. The maximum absolute atomic E-state index is 12.8. The van der Waals surface area contributed by atoms with E-state index in [2.05, 4.69) is 15.3 Å². The summed E-state index contributed by atoms with van der Waals surface area (Å²) in [7, 11) is -1.68. The first kappa shape index (κ1) is 22.3. The highest BCUT2D eigenvalue weighted by Crippen LogP contribution is 2.28. The highest BCUT2D eigenvalue weighted by Gasteiger charge is 2.25. The number of cyclic esters (lactones) is 1. The van der Waals surface area contributed by atoms with Gasteiger partial charge in [0.05, 0.1) is 31.8 Å². The van der Waals surface area contributed by atoms with E-state index in [1.54, 1.807) is 0 Å². The first-order valence-corrected chi connectivity index (χ1v) is 10.6. The summed E-state index contributed by atoms with van der Waals surface area (Å²) in [6.07, 6.45) is 1.65. The fourth-order valence-corrected chi connectivity index (χ4v) is 4.02. The van der Waals surface area contributed by atoms with Crippen molar-refractivity contribution in [3.05, 3.63) is 40.4 Å². The summed E-state index contributed by atoms with van der Waals surface area (Å²) in [5.74, 6) is -0.612. The van der Waals surface area contributed by atoms with Gasteiger partial charge in [0.2, 0.25) is 17.7 Å². The van der Waals surface area contributed by atoms with Crippen molar-refractivity contribution in [2.75, 3.05) is 26.1 Å². The van der Waals surface area contributed by atoms with Crippen LogP contribution in [0.15, 0.2) is 34.7 Å². The lowest BCUT2D eigenvalue weighted by atomic mass is 10.1. The van der Waals surface area contributed by atoms with Crippen molar-refractivity contribution in [2.24, 2.45) is 0 Å². The Morgan fingerprint density at radius 3 is 2.48 bits per heavy atom. The number of anilines is 1. The summed E-state index contributed by atoms with van der Waals surface area (Å²) in [5.41, 5.74) is 0.323. The zero-order valence-corrected chi connectivity index (χ0v) is 17.9. The number of amides is 2. The average molecular weight is 469 g/mol. The fraction of sp³-hybridized carbons (Fsp3) is 0.222. The molecule has 3 rings (SSSR count). The van der Waals surface area contributed by atoms with Gasteiger partial charge in [-0.25, -0.2) is 22.7 Å². The molecule has 11 nitrogen and oxygen atoms in total. The van der Waals surface area contributed by atoms with Gasteiger partial charge in [-0.15, -0.1) is 0 Å². The van der Waals surface area contributed by atoms with E-state index in [4.69, 9.17) is 25.8 Å². The Balaban J connectivity index is 1.87. The average Bonchev–Trinajstić information content (AvgIpc) is 3.13. The minimum Gasteiger partial charge on any atom is -0.481 e. The van der Waals surface area contributed by atoms with Gasteiger partial charge in [0, 0.05) is 22.6 Å². The minimum atomic E-state index is -4.38. The summed E-state index contributed by atoms with van der Waals surface area (Å²) in [6, 6.07) is 4.36. The van der Waals surface area contributed by atoms with Crippen LogP contribution in [0.25, 0.3) is 6.08 Å². The summed E-state index contributed by atoms with van der Waals surface area (Å²) < 4.78 is 42.3. The van der Waals surface area contributed by atoms with Gasteiger partial charge in [-0.1, -0.05) is 17.7 Å². The summed E-state index contributed by atoms with van der Waals surface area (Å²) in [4.78, 5) is 31.5. The SMILES string of the molecule is COc1cc(OC)nc(NC(=O)NS(=O)(=O)c2cccc(Cl)c2C=C2CCOC2=O)n1. The van der Waals surface area contributed by atoms with Crippen LogP contribution in [0, 0.1) is 0 Å². The molecule has 2 amide bonds. The Labute approximate surface area is 182 Å². The van der Waals surface area contributed by atoms with Crippen LogP contribution in [0.5, 0.6) is 11.8 Å². The Hall–Kier alpha value is -3.38. The van der Waals surface area contributed by atoms with E-state index in [9.17, 15) is 18.0 Å². The number of methoxy groups -OCH3 is 2. The molecule has 0 spiro atoms. The van der Waals surface area contributed by atoms with Gasteiger partial charge in [-0.05, 0) is 18.2 Å². The van der Waals surface area contributed by atoms with Gasteiger partial charge < -0.3 is 14.2 Å². The number of nitrogens with zero attached hydrogens (tertiary/aromatic N) is 2. The molecule has 0 aliphatic carbocycles. The van der Waals surface area contributed by atoms with Crippen molar-refractivity contribution in [1.82, 2.24) is 14.7 Å². The largest absolute Gasteiger partial charge is 0.481 e. The number of carbonyl (C=O) groups is 2. The molecule has 1 aliphatic heterocycles. The normalized spacial score (nSPS) is 14.8. The van der Waals surface area contributed by atoms with Gasteiger partial charge in [-0.3, -0.25) is 5.32 Å². The number of sulfonamides is 1. The summed E-state index contributed by atoms with van der Waals surface area (Å²) >= 11 is 6.16. The van der Waals surface area contributed by atoms with E-state index < -0.39 is 22.0 Å². The van der Waals surface area contributed by atoms with Crippen molar-refractivity contribution in [3.8, 4) is 11.8 Å². The van der Waals surface area contributed by atoms with Crippen LogP contribution in [0.1, 0.15) is 12.0 Å². The van der Waals surface area contributed by atoms with Crippen LogP contribution >= 0.6 is 11.6 Å². The zero-order chi connectivity index (χ0) is 22.6. The number of hydrogen-bond donors (Lipinski definition) is 2. The van der Waals surface area contributed by atoms with E-state index >= 15 is 0 Å². The quantitative estimate of drug-likeness (QED) is 0.479. The molecule has 13 heteroatoms. The molecule has 2 aromatic rings. The second-order valence-electron chi connectivity index (χ2n) is 6.04. The van der Waals surface area contributed by atoms with Crippen LogP contribution < -0.4 is 19.5 Å². The highest BCUT2D eigenvalue weighted by molar-refractivity contribution is 7.90. The third kappa shape index (κ3) is 5.22. The maximum Gasteiger partial charge on any atom is 0.335 e. The number of carbonyl (C=O) groups excluding carboxylic acids is 2. The Bertz CT molecular complexity index is 1150. The number of halogens is 1. The molecule has 0 unspecified atom stereocenters. The van der Waals surface area contributed by atoms with E-state index in [1.165, 1.54) is 44.6 Å². The van der Waals surface area contributed by atoms with Gasteiger partial charge in [0.25, 0.3) is 10.0 Å². The lowest BCUT2D eigenvalue weighted by molar-refractivity contribution is -0.134. The Morgan fingerprint density at radius 1 is 1.23 bits per heavy atom. The first-order chi connectivity index (χ1) is 14.7. The van der Waals surface area contributed by atoms with Crippen molar-refractivity contribution in [2.45, 2.75) is 11.3 Å². The number of urea groups is 1. The van der Waals surface area contributed by atoms with E-state index in [0.29, 0.717) is 6.42 Å². The number of esters is 1. The molecular weight excluding hydrogens is 452 g/mol. The maximum atomic E-state index is 12.8. The predicted molar refractivity (Wildman–Crippen MR) is 109 cm³/mol. The van der Waals surface area contributed by atoms with Crippen LogP contribution in [-0.4, -0.2) is 51.2 Å². The Kier molecular flexibility index (Phi) is 6.61. The lowest BCUT2D eigenvalue weighted by Crippen LogP contribution is -2.35. The van der Waals surface area contributed by atoms with E-state index in [-0.39, 0.29) is 45.4 Å². The van der Waals surface area contributed by atoms with Crippen molar-refractivity contribution < 1.29 is 32.2 Å². The zero-order valence-electron chi connectivity index (χ0n) is 16.3. The topological polar surface area (TPSA) is 146 Å². The Morgan fingerprint density at radius 2 is 1.90 bits per heavy atom. The van der Waals surface area contributed by atoms with E-state index in [0.717, 1.165) is 0 Å². The molecule has 0 bridgehead atoms. The predicted octanol–water partition coefficient (Wildman–Crippen LogP) is 1.99. The molecule has 2 N–H and O–H groups in total. The minimum absolute atomic E-state index is 0.0533. The molecule has 1 aliphatic rings. The molecule has 1 aromatic heterocycles. The third-order valence-electron chi connectivity index (χ3n) is 4.04. The molecule has 0 radical (unpaired) electrons. The number of aromatic nitrogens is 2. The first-order valence-electron chi connectivity index (χ1n) is 8.70. The number of nitrogens with one attached hydrogen (secondary N) is 2. The van der Waals surface area contributed by atoms with Crippen LogP contribution in [0.2, 0.25) is 5.02 Å². The third-order valence-corrected chi connectivity index (χ3v) is 5.76. The second kappa shape index (κ2) is 9.18. The summed E-state index contributed by atoms with van der Waals surface area (Å²) in [6.45, 7) is 0.196. The molecule has 31 heavy (non-hydrogen) atoms. The second-order valence-corrected chi connectivity index (χ2v) is 8.10. The van der Waals surface area contributed by atoms with Crippen LogP contribution in [0.3, 0.4) is 0 Å². The number of ether oxygens (including phenoxy) is 3. The van der Waals surface area contributed by atoms with Crippen LogP contribution in [0.4, 0.5) is 10.7 Å². The van der Waals surface area contributed by atoms with Gasteiger partial charge in [-0.2, -0.15) is 9.97 Å². The lowest BCUT2D eigenvalue weighted by Gasteiger charge is -2.12. The monoisotopic (exact) mass is 468 g/mol. The number of rotatable bonds is 6. The van der Waals surface area contributed by atoms with Gasteiger partial charge >= 0.3 is 12.0 Å². The van der Waals surface area contributed by atoms with Gasteiger partial charge in [0.15, 0.2) is 0 Å². The highest BCUT2D eigenvalue weighted by atomic mass is 35.5. The number of benzene rings is 1. The van der Waals surface area contributed by atoms with Crippen LogP contribution in [-0.2, 0) is 19.6 Å². The molecule has 1 aromatic carbocycles. The number of hydrogen-bond acceptors (Lipinski definition) is 9. The molecule has 0 atom stereocenters. The molecule has 0 saturated carbocycles. The smallest absolute Gasteiger partial charge is 0.335 e. The molecule has 164 valence electrons. The molecule has 2 heterocycles. The van der Waals surface area contributed by atoms with Crippen molar-refractivity contribution >= 4 is 45.6 Å². The molecule has 1 fully saturated rings. The van der Waals surface area contributed by atoms with Gasteiger partial charge in [0.1, 0.15) is 0 Å². The fourth-order valence-electron chi connectivity index (χ4n) is 2.62. The van der Waals surface area contributed by atoms with Crippen molar-refractivity contribution in [1.29, 1.82) is 0 Å².